The summed E-state index contributed by atoms with van der Waals surface area (Å²) in [5.74, 6) is 1.31. The highest BCUT2D eigenvalue weighted by Gasteiger charge is 2.42. The summed E-state index contributed by atoms with van der Waals surface area (Å²) in [7, 11) is 0. The van der Waals surface area contributed by atoms with Crippen molar-refractivity contribution in [3.63, 3.8) is 0 Å². The molecule has 0 aliphatic heterocycles. The summed E-state index contributed by atoms with van der Waals surface area (Å²) in [6, 6.07) is 7.34. The fourth-order valence-corrected chi connectivity index (χ4v) is 2.88. The standard InChI is InChI=1S/C16H20ClNO2/c17-13-7-5-10(6-8-13)14(19)9-15(20)18-16(11-1-2-11)12-3-4-12/h5-8,11-12,14,16,19H,1-4,9H2,(H,18,20). The molecule has 1 aromatic carbocycles. The van der Waals surface area contributed by atoms with E-state index >= 15 is 0 Å². The Balaban J connectivity index is 1.53. The van der Waals surface area contributed by atoms with Gasteiger partial charge in [0.2, 0.25) is 5.91 Å². The Bertz CT molecular complexity index is 468. The molecule has 108 valence electrons. The Morgan fingerprint density at radius 1 is 1.20 bits per heavy atom. The molecular weight excluding hydrogens is 274 g/mol. The summed E-state index contributed by atoms with van der Waals surface area (Å²) in [5, 5.41) is 13.9. The van der Waals surface area contributed by atoms with Crippen LogP contribution in [-0.4, -0.2) is 17.1 Å². The molecule has 0 aromatic heterocycles. The van der Waals surface area contributed by atoms with E-state index in [4.69, 9.17) is 11.6 Å². The zero-order valence-corrected chi connectivity index (χ0v) is 12.1. The SMILES string of the molecule is O=C(CC(O)c1ccc(Cl)cc1)NC(C1CC1)C1CC1. The van der Waals surface area contributed by atoms with Crippen LogP contribution in [0.1, 0.15) is 43.8 Å². The zero-order valence-electron chi connectivity index (χ0n) is 11.4. The maximum absolute atomic E-state index is 12.1. The maximum atomic E-state index is 12.1. The average molecular weight is 294 g/mol. The van der Waals surface area contributed by atoms with Crippen LogP contribution in [0.3, 0.4) is 0 Å². The molecule has 1 atom stereocenters. The Labute approximate surface area is 124 Å². The number of hydrogen-bond donors (Lipinski definition) is 2. The van der Waals surface area contributed by atoms with E-state index in [2.05, 4.69) is 5.32 Å². The molecule has 0 saturated heterocycles. The molecule has 1 amide bonds. The van der Waals surface area contributed by atoms with Gasteiger partial charge >= 0.3 is 0 Å². The predicted octanol–water partition coefficient (Wildman–Crippen LogP) is 3.07. The zero-order chi connectivity index (χ0) is 14.1. The molecule has 4 heteroatoms. The van der Waals surface area contributed by atoms with Gasteiger partial charge in [-0.3, -0.25) is 4.79 Å². The molecule has 1 aromatic rings. The minimum absolute atomic E-state index is 0.0451. The fraction of sp³-hybridized carbons (Fsp3) is 0.562. The number of hydrogen-bond acceptors (Lipinski definition) is 2. The molecule has 0 bridgehead atoms. The largest absolute Gasteiger partial charge is 0.388 e. The lowest BCUT2D eigenvalue weighted by Crippen LogP contribution is -2.38. The lowest BCUT2D eigenvalue weighted by Gasteiger charge is -2.19. The number of aliphatic hydroxyl groups excluding tert-OH is 1. The molecule has 3 rings (SSSR count). The van der Waals surface area contributed by atoms with Crippen molar-refractivity contribution in [2.24, 2.45) is 11.8 Å². The molecule has 2 aliphatic carbocycles. The van der Waals surface area contributed by atoms with Gasteiger partial charge in [0.15, 0.2) is 0 Å². The maximum Gasteiger partial charge on any atom is 0.223 e. The Morgan fingerprint density at radius 2 is 1.75 bits per heavy atom. The molecule has 0 heterocycles. The van der Waals surface area contributed by atoms with Crippen LogP contribution >= 0.6 is 11.6 Å². The lowest BCUT2D eigenvalue weighted by atomic mass is 10.0. The van der Waals surface area contributed by atoms with E-state index in [0.29, 0.717) is 22.9 Å². The van der Waals surface area contributed by atoms with Crippen molar-refractivity contribution in [2.45, 2.75) is 44.2 Å². The van der Waals surface area contributed by atoms with Crippen LogP contribution in [0.5, 0.6) is 0 Å². The van der Waals surface area contributed by atoms with Gasteiger partial charge in [-0.2, -0.15) is 0 Å². The van der Waals surface area contributed by atoms with Crippen molar-refractivity contribution < 1.29 is 9.90 Å². The van der Waals surface area contributed by atoms with E-state index in [1.54, 1.807) is 24.3 Å². The van der Waals surface area contributed by atoms with Crippen LogP contribution in [0, 0.1) is 11.8 Å². The third kappa shape index (κ3) is 3.53. The van der Waals surface area contributed by atoms with Gasteiger partial charge in [-0.25, -0.2) is 0 Å². The van der Waals surface area contributed by atoms with Gasteiger partial charge in [0, 0.05) is 11.1 Å². The van der Waals surface area contributed by atoms with Gasteiger partial charge in [0.1, 0.15) is 0 Å². The molecule has 20 heavy (non-hydrogen) atoms. The number of amides is 1. The van der Waals surface area contributed by atoms with Gasteiger partial charge in [-0.1, -0.05) is 23.7 Å². The number of carbonyl (C=O) groups is 1. The Morgan fingerprint density at radius 3 is 2.25 bits per heavy atom. The number of aliphatic hydroxyl groups is 1. The van der Waals surface area contributed by atoms with E-state index in [9.17, 15) is 9.90 Å². The monoisotopic (exact) mass is 293 g/mol. The number of nitrogens with one attached hydrogen (secondary N) is 1. The second-order valence-electron chi connectivity index (χ2n) is 6.04. The first kappa shape index (κ1) is 13.9. The lowest BCUT2D eigenvalue weighted by molar-refractivity contribution is -0.124. The van der Waals surface area contributed by atoms with E-state index in [1.165, 1.54) is 25.7 Å². The molecule has 0 radical (unpaired) electrons. The highest BCUT2D eigenvalue weighted by atomic mass is 35.5. The molecular formula is C16H20ClNO2. The fourth-order valence-electron chi connectivity index (χ4n) is 2.75. The van der Waals surface area contributed by atoms with Crippen LogP contribution < -0.4 is 5.32 Å². The van der Waals surface area contributed by atoms with Crippen LogP contribution in [0.4, 0.5) is 0 Å². The van der Waals surface area contributed by atoms with Crippen molar-refractivity contribution >= 4 is 17.5 Å². The van der Waals surface area contributed by atoms with Crippen molar-refractivity contribution in [2.75, 3.05) is 0 Å². The van der Waals surface area contributed by atoms with Gasteiger partial charge in [-0.15, -0.1) is 0 Å². The summed E-state index contributed by atoms with van der Waals surface area (Å²) in [4.78, 5) is 12.1. The molecule has 2 saturated carbocycles. The molecule has 3 nitrogen and oxygen atoms in total. The first-order valence-corrected chi connectivity index (χ1v) is 7.74. The summed E-state index contributed by atoms with van der Waals surface area (Å²) in [5.41, 5.74) is 0.735. The highest BCUT2D eigenvalue weighted by Crippen LogP contribution is 2.44. The van der Waals surface area contributed by atoms with Crippen molar-refractivity contribution in [3.05, 3.63) is 34.9 Å². The molecule has 2 N–H and O–H groups in total. The average Bonchev–Trinajstić information content (AvgIpc) is 3.28. The third-order valence-corrected chi connectivity index (χ3v) is 4.47. The number of benzene rings is 1. The summed E-state index contributed by atoms with van der Waals surface area (Å²) in [6.45, 7) is 0. The summed E-state index contributed by atoms with van der Waals surface area (Å²) in [6.07, 6.45) is 4.31. The highest BCUT2D eigenvalue weighted by molar-refractivity contribution is 6.30. The van der Waals surface area contributed by atoms with Crippen LogP contribution in [-0.2, 0) is 4.79 Å². The Kier molecular flexibility index (Phi) is 3.99. The number of rotatable bonds is 6. The molecule has 2 aliphatic rings. The smallest absolute Gasteiger partial charge is 0.223 e. The Hall–Kier alpha value is -1.06. The second-order valence-corrected chi connectivity index (χ2v) is 6.48. The van der Waals surface area contributed by atoms with Crippen LogP contribution in [0.15, 0.2) is 24.3 Å². The summed E-state index contributed by atoms with van der Waals surface area (Å²) < 4.78 is 0. The topological polar surface area (TPSA) is 49.3 Å². The number of halogens is 1. The quantitative estimate of drug-likeness (QED) is 0.847. The van der Waals surface area contributed by atoms with Gasteiger partial charge in [0.05, 0.1) is 12.5 Å². The predicted molar refractivity (Wildman–Crippen MR) is 78.4 cm³/mol. The van der Waals surface area contributed by atoms with Crippen molar-refractivity contribution in [1.82, 2.24) is 5.32 Å². The van der Waals surface area contributed by atoms with Crippen LogP contribution in [0.2, 0.25) is 5.02 Å². The van der Waals surface area contributed by atoms with Crippen molar-refractivity contribution in [1.29, 1.82) is 0 Å². The van der Waals surface area contributed by atoms with E-state index in [1.807, 2.05) is 0 Å². The van der Waals surface area contributed by atoms with E-state index < -0.39 is 6.10 Å². The molecule has 0 spiro atoms. The summed E-state index contributed by atoms with van der Waals surface area (Å²) >= 11 is 5.81. The minimum atomic E-state index is -0.758. The van der Waals surface area contributed by atoms with Crippen LogP contribution in [0.25, 0.3) is 0 Å². The van der Waals surface area contributed by atoms with E-state index in [-0.39, 0.29) is 12.3 Å². The minimum Gasteiger partial charge on any atom is -0.388 e. The molecule has 1 unspecified atom stereocenters. The number of carbonyl (C=O) groups excluding carboxylic acids is 1. The van der Waals surface area contributed by atoms with Gasteiger partial charge in [0.25, 0.3) is 0 Å². The molecule has 2 fully saturated rings. The first-order valence-electron chi connectivity index (χ1n) is 7.36. The van der Waals surface area contributed by atoms with Gasteiger partial charge in [-0.05, 0) is 55.2 Å². The first-order chi connectivity index (χ1) is 9.63. The third-order valence-electron chi connectivity index (χ3n) is 4.22. The van der Waals surface area contributed by atoms with E-state index in [0.717, 1.165) is 5.56 Å². The van der Waals surface area contributed by atoms with Gasteiger partial charge < -0.3 is 10.4 Å². The van der Waals surface area contributed by atoms with Crippen molar-refractivity contribution in [3.8, 4) is 0 Å². The normalized spacial score (nSPS) is 19.9. The second kappa shape index (κ2) is 5.74.